The highest BCUT2D eigenvalue weighted by Crippen LogP contribution is 2.21. The normalized spacial score (nSPS) is 24.4. The maximum Gasteiger partial charge on any atom is 0.0246 e. The summed E-state index contributed by atoms with van der Waals surface area (Å²) in [7, 11) is 4.41. The molecule has 2 heteroatoms. The minimum absolute atomic E-state index is 0.670. The summed E-state index contributed by atoms with van der Waals surface area (Å²) in [6.07, 6.45) is 8.01. The molecule has 1 aliphatic carbocycles. The fraction of sp³-hybridized carbons (Fsp3) is 0.647. The first-order chi connectivity index (χ1) is 9.31. The monoisotopic (exact) mass is 260 g/mol. The summed E-state index contributed by atoms with van der Waals surface area (Å²) in [6.45, 7) is 1.16. The van der Waals surface area contributed by atoms with E-state index in [2.05, 4.69) is 54.6 Å². The maximum atomic E-state index is 3.53. The molecule has 2 atom stereocenters. The van der Waals surface area contributed by atoms with Gasteiger partial charge in [-0.15, -0.1) is 0 Å². The first kappa shape index (κ1) is 14.5. The van der Waals surface area contributed by atoms with Crippen LogP contribution in [0.2, 0.25) is 0 Å². The summed E-state index contributed by atoms with van der Waals surface area (Å²) in [5, 5.41) is 3.53. The quantitative estimate of drug-likeness (QED) is 0.819. The van der Waals surface area contributed by atoms with E-state index in [1.165, 1.54) is 37.7 Å². The number of nitrogens with one attached hydrogen (secondary N) is 1. The van der Waals surface area contributed by atoms with Gasteiger partial charge in [0.05, 0.1) is 0 Å². The molecule has 0 aromatic heterocycles. The van der Waals surface area contributed by atoms with E-state index in [0.717, 1.165) is 13.0 Å². The van der Waals surface area contributed by atoms with Gasteiger partial charge in [-0.1, -0.05) is 49.6 Å². The van der Waals surface area contributed by atoms with Gasteiger partial charge < -0.3 is 10.2 Å². The average Bonchev–Trinajstić information content (AvgIpc) is 2.71. The van der Waals surface area contributed by atoms with Crippen LogP contribution in [-0.4, -0.2) is 37.6 Å². The van der Waals surface area contributed by atoms with Gasteiger partial charge in [-0.25, -0.2) is 0 Å². The fourth-order valence-electron chi connectivity index (χ4n) is 3.27. The summed E-state index contributed by atoms with van der Waals surface area (Å²) >= 11 is 0. The Morgan fingerprint density at radius 1 is 1.11 bits per heavy atom. The molecule has 0 radical (unpaired) electrons. The number of likely N-dealkylation sites (N-methyl/N-ethyl adjacent to an activating group) is 2. The Bertz CT molecular complexity index is 350. The number of benzene rings is 1. The molecule has 1 aliphatic rings. The second-order valence-electron chi connectivity index (χ2n) is 5.82. The predicted molar refractivity (Wildman–Crippen MR) is 82.5 cm³/mol. The Morgan fingerprint density at radius 3 is 2.58 bits per heavy atom. The molecule has 0 spiro atoms. The van der Waals surface area contributed by atoms with Gasteiger partial charge in [0.15, 0.2) is 0 Å². The van der Waals surface area contributed by atoms with E-state index >= 15 is 0 Å². The number of rotatable bonds is 5. The van der Waals surface area contributed by atoms with Gasteiger partial charge in [-0.05, 0) is 38.9 Å². The van der Waals surface area contributed by atoms with Gasteiger partial charge >= 0.3 is 0 Å². The third kappa shape index (κ3) is 4.32. The minimum atomic E-state index is 0.670. The lowest BCUT2D eigenvalue weighted by atomic mass is 10.0. The molecule has 0 heterocycles. The molecule has 0 saturated heterocycles. The van der Waals surface area contributed by atoms with Crippen molar-refractivity contribution in [1.82, 2.24) is 10.2 Å². The van der Waals surface area contributed by atoms with E-state index in [0.29, 0.717) is 12.1 Å². The van der Waals surface area contributed by atoms with Crippen LogP contribution in [0, 0.1) is 0 Å². The Kier molecular flexibility index (Phi) is 5.87. The number of nitrogens with zero attached hydrogens (tertiary/aromatic N) is 1. The number of hydrogen-bond acceptors (Lipinski definition) is 2. The molecular formula is C17H28N2. The van der Waals surface area contributed by atoms with E-state index in [1.807, 2.05) is 0 Å². The van der Waals surface area contributed by atoms with Crippen molar-refractivity contribution < 1.29 is 0 Å². The molecular weight excluding hydrogens is 232 g/mol. The van der Waals surface area contributed by atoms with E-state index in [-0.39, 0.29) is 0 Å². The maximum absolute atomic E-state index is 3.53. The Balaban J connectivity index is 1.88. The third-order valence-corrected chi connectivity index (χ3v) is 4.51. The van der Waals surface area contributed by atoms with E-state index < -0.39 is 0 Å². The number of hydrogen-bond donors (Lipinski definition) is 1. The van der Waals surface area contributed by atoms with Crippen LogP contribution in [0.25, 0.3) is 0 Å². The van der Waals surface area contributed by atoms with E-state index in [1.54, 1.807) is 0 Å². The van der Waals surface area contributed by atoms with Crippen molar-refractivity contribution in [2.24, 2.45) is 0 Å². The molecule has 19 heavy (non-hydrogen) atoms. The van der Waals surface area contributed by atoms with Gasteiger partial charge in [0.2, 0.25) is 0 Å². The van der Waals surface area contributed by atoms with Crippen molar-refractivity contribution in [3.05, 3.63) is 35.9 Å². The predicted octanol–water partition coefficient (Wildman–Crippen LogP) is 3.08. The molecule has 106 valence electrons. The molecule has 1 N–H and O–H groups in total. The highest BCUT2D eigenvalue weighted by Gasteiger charge is 2.25. The van der Waals surface area contributed by atoms with Crippen LogP contribution in [0.3, 0.4) is 0 Å². The Hall–Kier alpha value is -0.860. The zero-order valence-electron chi connectivity index (χ0n) is 12.4. The van der Waals surface area contributed by atoms with Crippen LogP contribution >= 0.6 is 0 Å². The van der Waals surface area contributed by atoms with Crippen LogP contribution in [0.4, 0.5) is 0 Å². The summed E-state index contributed by atoms with van der Waals surface area (Å²) in [5.74, 6) is 0. The van der Waals surface area contributed by atoms with Crippen molar-refractivity contribution >= 4 is 0 Å². The molecule has 2 rings (SSSR count). The lowest BCUT2D eigenvalue weighted by molar-refractivity contribution is 0.188. The second kappa shape index (κ2) is 7.66. The van der Waals surface area contributed by atoms with Crippen LogP contribution < -0.4 is 5.32 Å². The standard InChI is InChI=1S/C17H28N2/c1-18-16-11-7-4-8-12-17(16)19(2)14-13-15-9-5-3-6-10-15/h3,5-6,9-10,16-18H,4,7-8,11-14H2,1-2H3. The highest BCUT2D eigenvalue weighted by molar-refractivity contribution is 5.14. The highest BCUT2D eigenvalue weighted by atomic mass is 15.2. The smallest absolute Gasteiger partial charge is 0.0246 e. The molecule has 2 nitrogen and oxygen atoms in total. The molecule has 0 amide bonds. The van der Waals surface area contributed by atoms with Crippen molar-refractivity contribution in [3.8, 4) is 0 Å². The first-order valence-electron chi connectivity index (χ1n) is 7.72. The van der Waals surface area contributed by atoms with Crippen LogP contribution in [0.1, 0.15) is 37.7 Å². The topological polar surface area (TPSA) is 15.3 Å². The van der Waals surface area contributed by atoms with E-state index in [9.17, 15) is 0 Å². The molecule has 1 saturated carbocycles. The molecule has 1 aromatic carbocycles. The molecule has 0 bridgehead atoms. The van der Waals surface area contributed by atoms with Crippen molar-refractivity contribution in [2.45, 2.75) is 50.6 Å². The molecule has 2 unspecified atom stereocenters. The van der Waals surface area contributed by atoms with Crippen LogP contribution in [0.15, 0.2) is 30.3 Å². The minimum Gasteiger partial charge on any atom is -0.315 e. The first-order valence-corrected chi connectivity index (χ1v) is 7.72. The van der Waals surface area contributed by atoms with Crippen molar-refractivity contribution in [2.75, 3.05) is 20.6 Å². The lowest BCUT2D eigenvalue weighted by Crippen LogP contribution is -2.47. The van der Waals surface area contributed by atoms with Gasteiger partial charge in [-0.2, -0.15) is 0 Å². The molecule has 1 aromatic rings. The Morgan fingerprint density at radius 2 is 1.84 bits per heavy atom. The van der Waals surface area contributed by atoms with E-state index in [4.69, 9.17) is 0 Å². The van der Waals surface area contributed by atoms with Gasteiger partial charge in [-0.3, -0.25) is 0 Å². The summed E-state index contributed by atoms with van der Waals surface area (Å²) in [4.78, 5) is 2.57. The summed E-state index contributed by atoms with van der Waals surface area (Å²) < 4.78 is 0. The van der Waals surface area contributed by atoms with Gasteiger partial charge in [0.1, 0.15) is 0 Å². The van der Waals surface area contributed by atoms with Crippen LogP contribution in [0.5, 0.6) is 0 Å². The third-order valence-electron chi connectivity index (χ3n) is 4.51. The zero-order valence-corrected chi connectivity index (χ0v) is 12.4. The second-order valence-corrected chi connectivity index (χ2v) is 5.82. The van der Waals surface area contributed by atoms with Crippen LogP contribution in [-0.2, 0) is 6.42 Å². The zero-order chi connectivity index (χ0) is 13.5. The van der Waals surface area contributed by atoms with Gasteiger partial charge in [0.25, 0.3) is 0 Å². The summed E-state index contributed by atoms with van der Waals surface area (Å²) in [6, 6.07) is 12.2. The molecule has 1 fully saturated rings. The van der Waals surface area contributed by atoms with Crippen molar-refractivity contribution in [1.29, 1.82) is 0 Å². The fourth-order valence-corrected chi connectivity index (χ4v) is 3.27. The van der Waals surface area contributed by atoms with Crippen molar-refractivity contribution in [3.63, 3.8) is 0 Å². The lowest BCUT2D eigenvalue weighted by Gasteiger charge is -2.33. The summed E-state index contributed by atoms with van der Waals surface area (Å²) in [5.41, 5.74) is 1.45. The SMILES string of the molecule is CNC1CCCCCC1N(C)CCc1ccccc1. The average molecular weight is 260 g/mol. The molecule has 0 aliphatic heterocycles. The Labute approximate surface area is 118 Å². The van der Waals surface area contributed by atoms with Gasteiger partial charge in [0, 0.05) is 18.6 Å². The largest absolute Gasteiger partial charge is 0.315 e.